The van der Waals surface area contributed by atoms with Crippen molar-refractivity contribution in [3.63, 3.8) is 0 Å². The van der Waals surface area contributed by atoms with Crippen molar-refractivity contribution in [1.29, 1.82) is 0 Å². The molecule has 0 N–H and O–H groups in total. The minimum absolute atomic E-state index is 0.924. The van der Waals surface area contributed by atoms with Crippen LogP contribution in [0.15, 0.2) is 128 Å². The predicted molar refractivity (Wildman–Crippen MR) is 154 cm³/mol. The Kier molecular flexibility index (Phi) is 4.23. The fourth-order valence-corrected chi connectivity index (χ4v) is 5.99. The maximum atomic E-state index is 4.78. The van der Waals surface area contributed by atoms with Gasteiger partial charge in [-0.05, 0) is 57.9 Å². The first-order valence-electron chi connectivity index (χ1n) is 12.5. The van der Waals surface area contributed by atoms with Crippen molar-refractivity contribution >= 4 is 54.1 Å². The van der Waals surface area contributed by atoms with Crippen LogP contribution in [-0.4, -0.2) is 14.5 Å². The normalized spacial score (nSPS) is 11.8. The highest BCUT2D eigenvalue weighted by Crippen LogP contribution is 2.46. The van der Waals surface area contributed by atoms with Crippen molar-refractivity contribution in [3.05, 3.63) is 128 Å². The predicted octanol–water partition coefficient (Wildman–Crippen LogP) is 8.70. The molecule has 3 heteroatoms. The van der Waals surface area contributed by atoms with Crippen LogP contribution in [0.1, 0.15) is 0 Å². The zero-order chi connectivity index (χ0) is 24.3. The maximum Gasteiger partial charge on any atom is 0.137 e. The van der Waals surface area contributed by atoms with Crippen molar-refractivity contribution in [3.8, 4) is 17.1 Å². The minimum atomic E-state index is 0.924. The first-order chi connectivity index (χ1) is 18.4. The van der Waals surface area contributed by atoms with Crippen molar-refractivity contribution < 1.29 is 0 Å². The molecule has 172 valence electrons. The van der Waals surface area contributed by atoms with Gasteiger partial charge in [0.2, 0.25) is 0 Å². The first-order valence-corrected chi connectivity index (χ1v) is 12.5. The van der Waals surface area contributed by atoms with Crippen LogP contribution in [0.2, 0.25) is 0 Å². The number of para-hydroxylation sites is 1. The molecule has 0 saturated heterocycles. The lowest BCUT2D eigenvalue weighted by Gasteiger charge is -2.15. The number of nitrogens with zero attached hydrogens (tertiary/aromatic N) is 3. The molecule has 0 aliphatic heterocycles. The molecular formula is C34H21N3. The van der Waals surface area contributed by atoms with E-state index in [9.17, 15) is 0 Å². The molecule has 0 saturated carbocycles. The summed E-state index contributed by atoms with van der Waals surface area (Å²) < 4.78 is 2.33. The number of fused-ring (bicyclic) bond motifs is 10. The Labute approximate surface area is 213 Å². The maximum absolute atomic E-state index is 4.78. The molecule has 0 amide bonds. The average Bonchev–Trinajstić information content (AvgIpc) is 3.33. The Morgan fingerprint density at radius 3 is 1.86 bits per heavy atom. The molecule has 0 bridgehead atoms. The van der Waals surface area contributed by atoms with Crippen LogP contribution in [0, 0.1) is 0 Å². The summed E-state index contributed by atoms with van der Waals surface area (Å²) in [6.45, 7) is 0. The summed E-state index contributed by atoms with van der Waals surface area (Å²) >= 11 is 0. The van der Waals surface area contributed by atoms with E-state index < -0.39 is 0 Å². The van der Waals surface area contributed by atoms with E-state index in [0.29, 0.717) is 0 Å². The Balaban J connectivity index is 1.71. The number of rotatable bonds is 2. The van der Waals surface area contributed by atoms with Crippen LogP contribution in [0.5, 0.6) is 0 Å². The zero-order valence-corrected chi connectivity index (χ0v) is 20.0. The Morgan fingerprint density at radius 2 is 1.11 bits per heavy atom. The number of hydrogen-bond acceptors (Lipinski definition) is 2. The van der Waals surface area contributed by atoms with E-state index in [2.05, 4.69) is 108 Å². The third kappa shape index (κ3) is 2.82. The van der Waals surface area contributed by atoms with Crippen LogP contribution in [0.4, 0.5) is 0 Å². The van der Waals surface area contributed by atoms with E-state index in [-0.39, 0.29) is 0 Å². The Bertz CT molecular complexity index is 2120. The topological polar surface area (TPSA) is 30.7 Å². The quantitative estimate of drug-likeness (QED) is 0.236. The van der Waals surface area contributed by atoms with Crippen LogP contribution >= 0.6 is 0 Å². The van der Waals surface area contributed by atoms with E-state index >= 15 is 0 Å². The molecule has 0 unspecified atom stereocenters. The molecule has 0 atom stereocenters. The molecule has 3 aromatic heterocycles. The van der Waals surface area contributed by atoms with Gasteiger partial charge in [0.05, 0.1) is 16.7 Å². The molecule has 0 aliphatic carbocycles. The first kappa shape index (κ1) is 20.2. The lowest BCUT2D eigenvalue weighted by atomic mass is 9.89. The van der Waals surface area contributed by atoms with Crippen LogP contribution in [0.25, 0.3) is 71.2 Å². The molecule has 0 radical (unpaired) electrons. The van der Waals surface area contributed by atoms with E-state index in [1.165, 1.54) is 48.6 Å². The molecule has 0 fully saturated rings. The highest BCUT2D eigenvalue weighted by Gasteiger charge is 2.21. The highest BCUT2D eigenvalue weighted by molar-refractivity contribution is 6.37. The fraction of sp³-hybridized carbons (Fsp3) is 0. The van der Waals surface area contributed by atoms with Gasteiger partial charge < -0.3 is 0 Å². The number of aromatic nitrogens is 3. The number of hydrogen-bond donors (Lipinski definition) is 0. The van der Waals surface area contributed by atoms with Crippen LogP contribution in [-0.2, 0) is 0 Å². The minimum Gasteiger partial charge on any atom is -0.293 e. The van der Waals surface area contributed by atoms with Crippen molar-refractivity contribution in [2.24, 2.45) is 0 Å². The molecular weight excluding hydrogens is 450 g/mol. The number of pyridine rings is 2. The van der Waals surface area contributed by atoms with E-state index in [0.717, 1.165) is 22.6 Å². The second kappa shape index (κ2) is 7.74. The molecule has 0 spiro atoms. The average molecular weight is 472 g/mol. The van der Waals surface area contributed by atoms with Gasteiger partial charge >= 0.3 is 0 Å². The Hall–Kier alpha value is -5.02. The standard InChI is InChI=1S/C34H21N3/c1-3-13-24-22(11-1)27(29-16-7-9-19-35-29)21-28-23-12-2-4-14-25(23)34-33(32(24)28)26-15-5-6-17-30(26)37(34)31-18-8-10-20-36-31/h1-21H. The van der Waals surface area contributed by atoms with Gasteiger partial charge in [-0.2, -0.15) is 0 Å². The molecule has 8 aromatic rings. The van der Waals surface area contributed by atoms with Gasteiger partial charge in [-0.15, -0.1) is 0 Å². The summed E-state index contributed by atoms with van der Waals surface area (Å²) in [5.41, 5.74) is 4.49. The fourth-order valence-electron chi connectivity index (χ4n) is 5.99. The lowest BCUT2D eigenvalue weighted by molar-refractivity contribution is 1.08. The Morgan fingerprint density at radius 1 is 0.459 bits per heavy atom. The van der Waals surface area contributed by atoms with Crippen molar-refractivity contribution in [2.75, 3.05) is 0 Å². The largest absolute Gasteiger partial charge is 0.293 e. The SMILES string of the molecule is c1ccc(-c2cc3c4ccccc4c4c(c5ccccc5n4-c4ccccn4)c3c3ccccc23)nc1. The van der Waals surface area contributed by atoms with Gasteiger partial charge in [0.1, 0.15) is 5.82 Å². The molecule has 8 rings (SSSR count). The second-order valence-corrected chi connectivity index (χ2v) is 9.42. The van der Waals surface area contributed by atoms with Gasteiger partial charge in [0, 0.05) is 39.5 Å². The van der Waals surface area contributed by atoms with Gasteiger partial charge in [-0.25, -0.2) is 4.98 Å². The van der Waals surface area contributed by atoms with Gasteiger partial charge in [-0.3, -0.25) is 9.55 Å². The monoisotopic (exact) mass is 471 g/mol. The molecule has 0 aliphatic rings. The van der Waals surface area contributed by atoms with Gasteiger partial charge in [0.15, 0.2) is 0 Å². The van der Waals surface area contributed by atoms with Crippen LogP contribution < -0.4 is 0 Å². The van der Waals surface area contributed by atoms with Crippen molar-refractivity contribution in [2.45, 2.75) is 0 Å². The third-order valence-corrected chi connectivity index (χ3v) is 7.46. The highest BCUT2D eigenvalue weighted by atomic mass is 15.1. The van der Waals surface area contributed by atoms with E-state index in [4.69, 9.17) is 9.97 Å². The van der Waals surface area contributed by atoms with Gasteiger partial charge in [0.25, 0.3) is 0 Å². The third-order valence-electron chi connectivity index (χ3n) is 7.46. The molecule has 5 aromatic carbocycles. The summed E-state index contributed by atoms with van der Waals surface area (Å²) in [5.74, 6) is 0.924. The molecule has 3 nitrogen and oxygen atoms in total. The van der Waals surface area contributed by atoms with Crippen LogP contribution in [0.3, 0.4) is 0 Å². The molecule has 3 heterocycles. The molecule has 37 heavy (non-hydrogen) atoms. The second-order valence-electron chi connectivity index (χ2n) is 9.42. The lowest BCUT2D eigenvalue weighted by Crippen LogP contribution is -1.97. The van der Waals surface area contributed by atoms with E-state index in [1.54, 1.807) is 0 Å². The van der Waals surface area contributed by atoms with Gasteiger partial charge in [-0.1, -0.05) is 78.9 Å². The zero-order valence-electron chi connectivity index (χ0n) is 20.0. The summed E-state index contributed by atoms with van der Waals surface area (Å²) in [4.78, 5) is 9.51. The van der Waals surface area contributed by atoms with E-state index in [1.807, 2.05) is 24.5 Å². The summed E-state index contributed by atoms with van der Waals surface area (Å²) in [6, 6.07) is 40.8. The smallest absolute Gasteiger partial charge is 0.137 e. The summed E-state index contributed by atoms with van der Waals surface area (Å²) in [5, 5.41) is 9.90. The van der Waals surface area contributed by atoms with Crippen molar-refractivity contribution in [1.82, 2.24) is 14.5 Å². The summed E-state index contributed by atoms with van der Waals surface area (Å²) in [6.07, 6.45) is 3.74. The number of benzene rings is 5. The summed E-state index contributed by atoms with van der Waals surface area (Å²) in [7, 11) is 0.